The third-order valence-electron chi connectivity index (χ3n) is 7.52. The van der Waals surface area contributed by atoms with E-state index in [2.05, 4.69) is 20.9 Å². The van der Waals surface area contributed by atoms with Crippen LogP contribution in [0.15, 0.2) is 4.99 Å². The second-order valence-electron chi connectivity index (χ2n) is 10.9. The maximum absolute atomic E-state index is 13.6. The Morgan fingerprint density at radius 1 is 0.867 bits per heavy atom. The van der Waals surface area contributed by atoms with E-state index >= 15 is 0 Å². The van der Waals surface area contributed by atoms with Crippen LogP contribution in [0.1, 0.15) is 51.4 Å². The quantitative estimate of drug-likeness (QED) is 0.0409. The maximum atomic E-state index is 13.6. The number of hydrogen-bond acceptors (Lipinski definition) is 10. The Bertz CT molecular complexity index is 1150. The Morgan fingerprint density at radius 3 is 2.11 bits per heavy atom. The number of primary amides is 1. The largest absolute Gasteiger partial charge is 0.480 e. The molecule has 0 spiro atoms. The molecule has 2 aliphatic heterocycles. The maximum Gasteiger partial charge on any atom is 0.326 e. The zero-order valence-corrected chi connectivity index (χ0v) is 25.0. The summed E-state index contributed by atoms with van der Waals surface area (Å²) in [5.41, 5.74) is 21.5. The molecule has 0 saturated carbocycles. The Kier molecular flexibility index (Phi) is 14.4. The minimum absolute atomic E-state index is 0.0851. The minimum Gasteiger partial charge on any atom is -0.480 e. The van der Waals surface area contributed by atoms with Gasteiger partial charge in [-0.2, -0.15) is 0 Å². The Labute approximate surface area is 259 Å². The third kappa shape index (κ3) is 11.2. The number of likely N-dealkylation sites (tertiary alicyclic amines) is 2. The zero-order valence-electron chi connectivity index (χ0n) is 25.0. The molecule has 2 rings (SSSR count). The Hall–Kier alpha value is -4.52. The highest BCUT2D eigenvalue weighted by Crippen LogP contribution is 2.21. The van der Waals surface area contributed by atoms with Crippen LogP contribution in [-0.2, 0) is 33.6 Å². The molecule has 0 aromatic rings. The first-order chi connectivity index (χ1) is 21.3. The van der Waals surface area contributed by atoms with Gasteiger partial charge in [-0.3, -0.25) is 33.8 Å². The lowest BCUT2D eigenvalue weighted by Crippen LogP contribution is -2.58. The van der Waals surface area contributed by atoms with Gasteiger partial charge in [-0.05, 0) is 44.9 Å². The molecule has 6 amide bonds. The van der Waals surface area contributed by atoms with Gasteiger partial charge in [0.2, 0.25) is 35.4 Å². The van der Waals surface area contributed by atoms with E-state index in [0.717, 1.165) is 4.90 Å². The lowest BCUT2D eigenvalue weighted by Gasteiger charge is -2.30. The van der Waals surface area contributed by atoms with Crippen molar-refractivity contribution >= 4 is 47.4 Å². The van der Waals surface area contributed by atoms with Gasteiger partial charge in [-0.25, -0.2) is 4.79 Å². The van der Waals surface area contributed by atoms with Gasteiger partial charge in [0.05, 0.1) is 13.2 Å². The third-order valence-corrected chi connectivity index (χ3v) is 7.52. The highest BCUT2D eigenvalue weighted by atomic mass is 16.4. The summed E-state index contributed by atoms with van der Waals surface area (Å²) >= 11 is 0. The molecule has 2 saturated heterocycles. The van der Waals surface area contributed by atoms with Crippen molar-refractivity contribution in [2.24, 2.45) is 27.9 Å². The predicted octanol–water partition coefficient (Wildman–Crippen LogP) is -5.22. The van der Waals surface area contributed by atoms with Gasteiger partial charge in [0.1, 0.15) is 30.2 Å². The summed E-state index contributed by atoms with van der Waals surface area (Å²) in [7, 11) is 0. The number of rotatable bonds is 17. The molecule has 19 nitrogen and oxygen atoms in total. The lowest BCUT2D eigenvalue weighted by molar-refractivity contribution is -0.148. The first-order valence-corrected chi connectivity index (χ1v) is 14.7. The topological polar surface area (TPSA) is 319 Å². The van der Waals surface area contributed by atoms with Crippen LogP contribution in [0.5, 0.6) is 0 Å². The molecule has 19 heteroatoms. The number of amides is 6. The summed E-state index contributed by atoms with van der Waals surface area (Å²) in [6.07, 6.45) is 1.35. The van der Waals surface area contributed by atoms with Gasteiger partial charge in [-0.15, -0.1) is 0 Å². The van der Waals surface area contributed by atoms with Crippen LogP contribution in [0.3, 0.4) is 0 Å². The van der Waals surface area contributed by atoms with Crippen LogP contribution in [0.2, 0.25) is 0 Å². The molecule has 0 aromatic heterocycles. The van der Waals surface area contributed by atoms with Crippen LogP contribution in [0.4, 0.5) is 0 Å². The number of aliphatic hydroxyl groups is 1. The van der Waals surface area contributed by atoms with E-state index in [1.54, 1.807) is 0 Å². The number of carbonyl (C=O) groups excluding carboxylic acids is 6. The fourth-order valence-corrected chi connectivity index (χ4v) is 5.16. The highest BCUT2D eigenvalue weighted by molar-refractivity contribution is 5.96. The average Bonchev–Trinajstić information content (AvgIpc) is 3.69. The number of hydrogen-bond donors (Lipinski definition) is 9. The van der Waals surface area contributed by atoms with E-state index in [4.69, 9.17) is 22.9 Å². The van der Waals surface area contributed by atoms with E-state index in [9.17, 15) is 43.8 Å². The van der Waals surface area contributed by atoms with Crippen LogP contribution >= 0.6 is 0 Å². The molecule has 0 bridgehead atoms. The van der Waals surface area contributed by atoms with E-state index in [1.165, 1.54) is 4.90 Å². The number of nitrogens with two attached hydrogens (primary N) is 4. The molecule has 2 fully saturated rings. The van der Waals surface area contributed by atoms with Crippen molar-refractivity contribution in [2.45, 2.75) is 81.6 Å². The van der Waals surface area contributed by atoms with Gasteiger partial charge >= 0.3 is 5.97 Å². The molecule has 0 aliphatic carbocycles. The zero-order chi connectivity index (χ0) is 33.7. The average molecular weight is 641 g/mol. The van der Waals surface area contributed by atoms with Gasteiger partial charge in [-0.1, -0.05) is 0 Å². The van der Waals surface area contributed by atoms with Gasteiger partial charge in [0.15, 0.2) is 5.96 Å². The van der Waals surface area contributed by atoms with Crippen LogP contribution < -0.4 is 38.9 Å². The van der Waals surface area contributed by atoms with Crippen LogP contribution in [0.25, 0.3) is 0 Å². The van der Waals surface area contributed by atoms with Crippen molar-refractivity contribution in [1.82, 2.24) is 25.8 Å². The number of guanidine groups is 1. The standard InChI is InChI=1S/C26H44N10O9/c27-14(13-37)21(40)34-16(4-1-9-31-26(29)30)24(43)36-11-2-5-17(36)23(42)33-15(7-8-19(28)38)22(41)32-12-20(39)35-10-3-6-18(35)25(44)45/h14-18,37H,1-13,27H2,(H2,28,38)(H,32,41)(H,33,42)(H,34,40)(H,44,45)(H4,29,30,31)/t14-,15-,16-,17-,18-/m0/s1. The number of carboxylic acid groups (broad SMARTS) is 1. The molecule has 13 N–H and O–H groups in total. The van der Waals surface area contributed by atoms with Gasteiger partial charge in [0.25, 0.3) is 0 Å². The second-order valence-corrected chi connectivity index (χ2v) is 10.9. The van der Waals surface area contributed by atoms with Crippen molar-refractivity contribution in [3.05, 3.63) is 0 Å². The first kappa shape index (κ1) is 36.7. The van der Waals surface area contributed by atoms with Crippen molar-refractivity contribution in [2.75, 3.05) is 32.8 Å². The van der Waals surface area contributed by atoms with E-state index in [1.807, 2.05) is 0 Å². The van der Waals surface area contributed by atoms with Crippen molar-refractivity contribution in [3.8, 4) is 0 Å². The molecular formula is C26H44N10O9. The minimum atomic E-state index is -1.30. The van der Waals surface area contributed by atoms with E-state index < -0.39 is 84.8 Å². The summed E-state index contributed by atoms with van der Waals surface area (Å²) in [4.78, 5) is 94.1. The van der Waals surface area contributed by atoms with E-state index in [0.29, 0.717) is 12.8 Å². The van der Waals surface area contributed by atoms with Crippen molar-refractivity contribution < 1.29 is 43.8 Å². The summed E-state index contributed by atoms with van der Waals surface area (Å²) in [5, 5.41) is 26.0. The fraction of sp³-hybridized carbons (Fsp3) is 0.692. The summed E-state index contributed by atoms with van der Waals surface area (Å²) in [6, 6.07) is -5.75. The summed E-state index contributed by atoms with van der Waals surface area (Å²) < 4.78 is 0. The monoisotopic (exact) mass is 640 g/mol. The number of aliphatic hydroxyl groups excluding tert-OH is 1. The number of aliphatic imine (C=N–C) groups is 1. The van der Waals surface area contributed by atoms with E-state index in [-0.39, 0.29) is 64.1 Å². The SMILES string of the molecule is NC(=O)CC[C@H](NC(=O)[C@@H]1CCCN1C(=O)[C@H](CCCN=C(N)N)NC(=O)[C@@H](N)CO)C(=O)NCC(=O)N1CCC[C@H]1C(=O)O. The van der Waals surface area contributed by atoms with Crippen molar-refractivity contribution in [1.29, 1.82) is 0 Å². The molecule has 252 valence electrons. The number of aliphatic carboxylic acids is 1. The number of nitrogens with zero attached hydrogens (tertiary/aromatic N) is 3. The van der Waals surface area contributed by atoms with Crippen LogP contribution in [-0.4, -0.2) is 130 Å². The first-order valence-electron chi connectivity index (χ1n) is 14.7. The normalized spacial score (nSPS) is 19.6. The number of nitrogens with one attached hydrogen (secondary N) is 3. The fourth-order valence-electron chi connectivity index (χ4n) is 5.16. The van der Waals surface area contributed by atoms with Gasteiger partial charge < -0.3 is 58.9 Å². The molecule has 2 heterocycles. The van der Waals surface area contributed by atoms with Gasteiger partial charge in [0, 0.05) is 26.1 Å². The summed E-state index contributed by atoms with van der Waals surface area (Å²) in [6.45, 7) is -0.645. The number of carbonyl (C=O) groups is 7. The molecule has 0 radical (unpaired) electrons. The number of carboxylic acids is 1. The smallest absolute Gasteiger partial charge is 0.326 e. The molecule has 5 atom stereocenters. The highest BCUT2D eigenvalue weighted by Gasteiger charge is 2.39. The Balaban J connectivity index is 2.13. The predicted molar refractivity (Wildman–Crippen MR) is 157 cm³/mol. The molecule has 0 aromatic carbocycles. The van der Waals surface area contributed by atoms with Crippen LogP contribution in [0, 0.1) is 0 Å². The molecular weight excluding hydrogens is 596 g/mol. The molecule has 0 unspecified atom stereocenters. The molecule has 45 heavy (non-hydrogen) atoms. The van der Waals surface area contributed by atoms with Crippen molar-refractivity contribution in [3.63, 3.8) is 0 Å². The lowest BCUT2D eigenvalue weighted by atomic mass is 10.1. The second kappa shape index (κ2) is 17.7. The molecule has 2 aliphatic rings. The summed E-state index contributed by atoms with van der Waals surface area (Å²) in [5.74, 6) is -5.55. The Morgan fingerprint density at radius 2 is 1.51 bits per heavy atom.